The largest absolute Gasteiger partial charge is 0.388 e. The number of aliphatic hydroxyl groups is 1. The van der Waals surface area contributed by atoms with Crippen LogP contribution >= 0.6 is 0 Å². The Labute approximate surface area is 119 Å². The molecule has 0 spiro atoms. The van der Waals surface area contributed by atoms with Crippen molar-refractivity contribution in [1.82, 2.24) is 14.5 Å². The molecular formula is C16H23N3O. The van der Waals surface area contributed by atoms with Crippen molar-refractivity contribution in [1.29, 1.82) is 0 Å². The van der Waals surface area contributed by atoms with Crippen LogP contribution in [0.5, 0.6) is 0 Å². The molecule has 2 aromatic heterocycles. The minimum Gasteiger partial charge on any atom is -0.388 e. The molecule has 20 heavy (non-hydrogen) atoms. The fraction of sp³-hybridized carbons (Fsp3) is 0.562. The summed E-state index contributed by atoms with van der Waals surface area (Å²) in [5.41, 5.74) is 5.01. The number of hydrogen-bond acceptors (Lipinski definition) is 2. The van der Waals surface area contributed by atoms with Crippen LogP contribution < -0.4 is 0 Å². The summed E-state index contributed by atoms with van der Waals surface area (Å²) in [6, 6.07) is 2.15. The first-order valence-electron chi connectivity index (χ1n) is 7.30. The molecule has 3 rings (SSSR count). The van der Waals surface area contributed by atoms with Gasteiger partial charge in [0.2, 0.25) is 0 Å². The lowest BCUT2D eigenvalue weighted by molar-refractivity contribution is 0.0979. The van der Waals surface area contributed by atoms with Gasteiger partial charge in [0.1, 0.15) is 0 Å². The van der Waals surface area contributed by atoms with E-state index in [0.717, 1.165) is 37.1 Å². The van der Waals surface area contributed by atoms with Gasteiger partial charge in [-0.05, 0) is 31.2 Å². The van der Waals surface area contributed by atoms with Crippen molar-refractivity contribution in [2.45, 2.75) is 52.7 Å². The molecular weight excluding hydrogens is 250 g/mol. The standard InChI is InChI=1S/C16H23N3O/c1-11-6-13-14(7-16(2,3)8-15(13)20)19(11)5-4-12-9-17-10-18-12/h6,9-10,15,20H,4-5,7-8H2,1-3H3,(H,17,18). The number of hydrogen-bond donors (Lipinski definition) is 2. The number of aliphatic hydroxyl groups excluding tert-OH is 1. The summed E-state index contributed by atoms with van der Waals surface area (Å²) in [6.45, 7) is 7.54. The molecule has 0 amide bonds. The minimum absolute atomic E-state index is 0.170. The van der Waals surface area contributed by atoms with Crippen molar-refractivity contribution >= 4 is 0 Å². The molecule has 1 unspecified atom stereocenters. The van der Waals surface area contributed by atoms with Crippen molar-refractivity contribution < 1.29 is 5.11 Å². The fourth-order valence-electron chi connectivity index (χ4n) is 3.36. The summed E-state index contributed by atoms with van der Waals surface area (Å²) < 4.78 is 2.36. The van der Waals surface area contributed by atoms with E-state index in [9.17, 15) is 5.11 Å². The Bertz CT molecular complexity index is 596. The number of H-pyrrole nitrogens is 1. The Hall–Kier alpha value is -1.55. The molecule has 0 saturated carbocycles. The Kier molecular flexibility index (Phi) is 3.21. The third-order valence-corrected chi connectivity index (χ3v) is 4.36. The molecule has 2 heterocycles. The van der Waals surface area contributed by atoms with Crippen molar-refractivity contribution in [3.63, 3.8) is 0 Å². The lowest BCUT2D eigenvalue weighted by Crippen LogP contribution is -2.27. The first-order valence-corrected chi connectivity index (χ1v) is 7.30. The van der Waals surface area contributed by atoms with Gasteiger partial charge in [0.05, 0.1) is 12.4 Å². The number of fused-ring (bicyclic) bond motifs is 1. The molecule has 4 nitrogen and oxygen atoms in total. The minimum atomic E-state index is -0.319. The first kappa shape index (κ1) is 13.4. The first-order chi connectivity index (χ1) is 9.46. The van der Waals surface area contributed by atoms with Gasteiger partial charge in [-0.15, -0.1) is 0 Å². The van der Waals surface area contributed by atoms with Gasteiger partial charge in [-0.1, -0.05) is 13.8 Å². The molecule has 1 aliphatic rings. The number of aryl methyl sites for hydroxylation is 2. The van der Waals surface area contributed by atoms with Crippen LogP contribution in [-0.4, -0.2) is 19.6 Å². The summed E-state index contributed by atoms with van der Waals surface area (Å²) in [7, 11) is 0. The SMILES string of the molecule is Cc1cc2c(n1CCc1cnc[nH]1)CC(C)(C)CC2O. The average Bonchev–Trinajstić information content (AvgIpc) is 2.94. The van der Waals surface area contributed by atoms with Gasteiger partial charge < -0.3 is 14.7 Å². The van der Waals surface area contributed by atoms with Gasteiger partial charge in [-0.25, -0.2) is 4.98 Å². The predicted octanol–water partition coefficient (Wildman–Crippen LogP) is 2.77. The quantitative estimate of drug-likeness (QED) is 0.903. The van der Waals surface area contributed by atoms with Crippen LogP contribution in [0.4, 0.5) is 0 Å². The number of aromatic nitrogens is 3. The van der Waals surface area contributed by atoms with Gasteiger partial charge in [0.15, 0.2) is 0 Å². The van der Waals surface area contributed by atoms with E-state index in [0.29, 0.717) is 0 Å². The molecule has 2 aromatic rings. The summed E-state index contributed by atoms with van der Waals surface area (Å²) in [4.78, 5) is 7.21. The van der Waals surface area contributed by atoms with Gasteiger partial charge in [-0.2, -0.15) is 0 Å². The molecule has 0 fully saturated rings. The summed E-state index contributed by atoms with van der Waals surface area (Å²) in [5, 5.41) is 10.4. The maximum atomic E-state index is 10.4. The topological polar surface area (TPSA) is 53.8 Å². The third-order valence-electron chi connectivity index (χ3n) is 4.36. The maximum absolute atomic E-state index is 10.4. The Balaban J connectivity index is 1.88. The molecule has 1 aliphatic carbocycles. The number of rotatable bonds is 3. The fourth-order valence-corrected chi connectivity index (χ4v) is 3.36. The smallest absolute Gasteiger partial charge is 0.0921 e. The molecule has 1 atom stereocenters. The highest BCUT2D eigenvalue weighted by Gasteiger charge is 2.33. The lowest BCUT2D eigenvalue weighted by atomic mass is 9.75. The highest BCUT2D eigenvalue weighted by atomic mass is 16.3. The maximum Gasteiger partial charge on any atom is 0.0921 e. The van der Waals surface area contributed by atoms with Gasteiger partial charge in [0, 0.05) is 41.8 Å². The highest BCUT2D eigenvalue weighted by Crippen LogP contribution is 2.41. The van der Waals surface area contributed by atoms with Crippen molar-refractivity contribution in [3.05, 3.63) is 41.2 Å². The van der Waals surface area contributed by atoms with Gasteiger partial charge in [0.25, 0.3) is 0 Å². The van der Waals surface area contributed by atoms with E-state index in [1.165, 1.54) is 11.4 Å². The number of imidazole rings is 1. The average molecular weight is 273 g/mol. The second kappa shape index (κ2) is 4.77. The van der Waals surface area contributed by atoms with Crippen LogP contribution in [0.3, 0.4) is 0 Å². The van der Waals surface area contributed by atoms with E-state index >= 15 is 0 Å². The summed E-state index contributed by atoms with van der Waals surface area (Å²) in [6.07, 6.45) is 6.11. The predicted molar refractivity (Wildman–Crippen MR) is 78.5 cm³/mol. The molecule has 4 heteroatoms. The Morgan fingerprint density at radius 3 is 3.00 bits per heavy atom. The van der Waals surface area contributed by atoms with E-state index < -0.39 is 0 Å². The van der Waals surface area contributed by atoms with E-state index in [4.69, 9.17) is 0 Å². The van der Waals surface area contributed by atoms with Crippen LogP contribution in [0.15, 0.2) is 18.6 Å². The molecule has 0 saturated heterocycles. The monoisotopic (exact) mass is 273 g/mol. The summed E-state index contributed by atoms with van der Waals surface area (Å²) >= 11 is 0. The van der Waals surface area contributed by atoms with Crippen LogP contribution in [-0.2, 0) is 19.4 Å². The molecule has 0 bridgehead atoms. The van der Waals surface area contributed by atoms with Gasteiger partial charge in [-0.3, -0.25) is 0 Å². The Morgan fingerprint density at radius 1 is 1.50 bits per heavy atom. The van der Waals surface area contributed by atoms with E-state index in [1.54, 1.807) is 6.33 Å². The zero-order valence-corrected chi connectivity index (χ0v) is 12.5. The number of aromatic amines is 1. The third kappa shape index (κ3) is 2.40. The molecule has 0 radical (unpaired) electrons. The van der Waals surface area contributed by atoms with E-state index in [1.807, 2.05) is 6.20 Å². The molecule has 2 N–H and O–H groups in total. The molecule has 108 valence electrons. The highest BCUT2D eigenvalue weighted by molar-refractivity contribution is 5.33. The number of nitrogens with zero attached hydrogens (tertiary/aromatic N) is 2. The van der Waals surface area contributed by atoms with E-state index in [2.05, 4.69) is 41.4 Å². The normalized spacial score (nSPS) is 20.9. The van der Waals surface area contributed by atoms with E-state index in [-0.39, 0.29) is 11.5 Å². The van der Waals surface area contributed by atoms with Crippen LogP contribution in [0.2, 0.25) is 0 Å². The second-order valence-corrected chi connectivity index (χ2v) is 6.73. The van der Waals surface area contributed by atoms with Crippen LogP contribution in [0.1, 0.15) is 49.0 Å². The van der Waals surface area contributed by atoms with Crippen LogP contribution in [0.25, 0.3) is 0 Å². The lowest BCUT2D eigenvalue weighted by Gasteiger charge is -2.34. The molecule has 0 aromatic carbocycles. The van der Waals surface area contributed by atoms with Gasteiger partial charge >= 0.3 is 0 Å². The number of nitrogens with one attached hydrogen (secondary N) is 1. The summed E-state index contributed by atoms with van der Waals surface area (Å²) in [5.74, 6) is 0. The van der Waals surface area contributed by atoms with Crippen LogP contribution in [0, 0.1) is 12.3 Å². The van der Waals surface area contributed by atoms with Crippen molar-refractivity contribution in [3.8, 4) is 0 Å². The second-order valence-electron chi connectivity index (χ2n) is 6.73. The van der Waals surface area contributed by atoms with Crippen molar-refractivity contribution in [2.24, 2.45) is 5.41 Å². The Morgan fingerprint density at radius 2 is 2.30 bits per heavy atom. The van der Waals surface area contributed by atoms with Crippen molar-refractivity contribution in [2.75, 3.05) is 0 Å². The molecule has 0 aliphatic heterocycles. The zero-order valence-electron chi connectivity index (χ0n) is 12.5. The zero-order chi connectivity index (χ0) is 14.3.